The second-order valence-electron chi connectivity index (χ2n) is 5.73. The fraction of sp³-hybridized carbons (Fsp3) is 0.471. The Morgan fingerprint density at radius 2 is 2.14 bits per heavy atom. The van der Waals surface area contributed by atoms with Crippen LogP contribution in [0.1, 0.15) is 36.8 Å². The van der Waals surface area contributed by atoms with Crippen LogP contribution in [-0.2, 0) is 4.79 Å². The van der Waals surface area contributed by atoms with Crippen LogP contribution in [0, 0.1) is 6.92 Å². The van der Waals surface area contributed by atoms with Gasteiger partial charge < -0.3 is 15.2 Å². The van der Waals surface area contributed by atoms with Gasteiger partial charge in [0.1, 0.15) is 5.75 Å². The predicted octanol–water partition coefficient (Wildman–Crippen LogP) is 2.44. The van der Waals surface area contributed by atoms with Gasteiger partial charge in [0, 0.05) is 18.2 Å². The highest BCUT2D eigenvalue weighted by atomic mass is 16.5. The molecule has 4 nitrogen and oxygen atoms in total. The van der Waals surface area contributed by atoms with Gasteiger partial charge in [-0.1, -0.05) is 24.5 Å². The summed E-state index contributed by atoms with van der Waals surface area (Å²) >= 11 is 0. The molecule has 1 amide bonds. The quantitative estimate of drug-likeness (QED) is 0.819. The summed E-state index contributed by atoms with van der Waals surface area (Å²) in [6.45, 7) is 2.31. The lowest BCUT2D eigenvalue weighted by Gasteiger charge is -2.21. The highest BCUT2D eigenvalue weighted by molar-refractivity contribution is 5.92. The minimum absolute atomic E-state index is 0.195. The molecule has 0 unspecified atom stereocenters. The number of aliphatic hydroxyl groups is 1. The van der Waals surface area contributed by atoms with E-state index in [1.807, 2.05) is 25.1 Å². The molecular formula is C17H23NO3. The van der Waals surface area contributed by atoms with E-state index in [4.69, 9.17) is 4.74 Å². The van der Waals surface area contributed by atoms with E-state index >= 15 is 0 Å². The highest BCUT2D eigenvalue weighted by Crippen LogP contribution is 2.28. The molecule has 1 aromatic carbocycles. The van der Waals surface area contributed by atoms with E-state index < -0.39 is 5.60 Å². The second kappa shape index (κ2) is 6.76. The maximum Gasteiger partial charge on any atom is 0.244 e. The van der Waals surface area contributed by atoms with Gasteiger partial charge in [-0.05, 0) is 38.0 Å². The summed E-state index contributed by atoms with van der Waals surface area (Å²) in [6.07, 6.45) is 6.81. The van der Waals surface area contributed by atoms with Crippen LogP contribution in [0.4, 0.5) is 0 Å². The molecule has 2 N–H and O–H groups in total. The fourth-order valence-corrected chi connectivity index (χ4v) is 2.67. The number of carbonyl (C=O) groups is 1. The Bertz CT molecular complexity index is 531. The summed E-state index contributed by atoms with van der Waals surface area (Å²) < 4.78 is 5.27. The van der Waals surface area contributed by atoms with Crippen LogP contribution >= 0.6 is 0 Å². The third kappa shape index (κ3) is 4.33. The fourth-order valence-electron chi connectivity index (χ4n) is 2.67. The van der Waals surface area contributed by atoms with E-state index in [-0.39, 0.29) is 5.91 Å². The molecule has 1 aromatic rings. The summed E-state index contributed by atoms with van der Waals surface area (Å²) in [6, 6.07) is 5.81. The van der Waals surface area contributed by atoms with Gasteiger partial charge in [0.15, 0.2) is 0 Å². The molecule has 0 saturated heterocycles. The van der Waals surface area contributed by atoms with Crippen LogP contribution in [0.2, 0.25) is 0 Å². The molecule has 21 heavy (non-hydrogen) atoms. The zero-order valence-corrected chi connectivity index (χ0v) is 12.7. The van der Waals surface area contributed by atoms with Crippen LogP contribution in [0.3, 0.4) is 0 Å². The smallest absolute Gasteiger partial charge is 0.244 e. The van der Waals surface area contributed by atoms with Gasteiger partial charge in [-0.2, -0.15) is 0 Å². The molecule has 0 atom stereocenters. The maximum atomic E-state index is 11.9. The van der Waals surface area contributed by atoms with Gasteiger partial charge in [0.2, 0.25) is 5.91 Å². The molecule has 0 aromatic heterocycles. The average Bonchev–Trinajstić information content (AvgIpc) is 2.90. The number of nitrogens with one attached hydrogen (secondary N) is 1. The molecule has 0 radical (unpaired) electrons. The van der Waals surface area contributed by atoms with Crippen molar-refractivity contribution in [2.45, 2.75) is 38.2 Å². The molecule has 0 bridgehead atoms. The van der Waals surface area contributed by atoms with Gasteiger partial charge in [-0.25, -0.2) is 0 Å². The number of aryl methyl sites for hydroxylation is 1. The van der Waals surface area contributed by atoms with E-state index in [0.29, 0.717) is 6.54 Å². The van der Waals surface area contributed by atoms with Crippen LogP contribution in [-0.4, -0.2) is 30.3 Å². The first-order valence-electron chi connectivity index (χ1n) is 7.35. The van der Waals surface area contributed by atoms with Crippen molar-refractivity contribution >= 4 is 12.0 Å². The standard InChI is InChI=1S/C17H23NO3/c1-13-5-7-15(21-2)14(11-13)6-8-16(19)18-12-17(20)9-3-4-10-17/h5-8,11,20H,3-4,9-10,12H2,1-2H3,(H,18,19)/b8-6+. The summed E-state index contributed by atoms with van der Waals surface area (Å²) in [5, 5.41) is 13.0. The number of carbonyl (C=O) groups excluding carboxylic acids is 1. The van der Waals surface area contributed by atoms with Crippen LogP contribution in [0.25, 0.3) is 6.08 Å². The largest absolute Gasteiger partial charge is 0.496 e. The van der Waals surface area contributed by atoms with Crippen molar-refractivity contribution in [3.63, 3.8) is 0 Å². The Morgan fingerprint density at radius 3 is 2.81 bits per heavy atom. The number of ether oxygens (including phenoxy) is 1. The van der Waals surface area contributed by atoms with E-state index in [0.717, 1.165) is 42.6 Å². The molecule has 114 valence electrons. The van der Waals surface area contributed by atoms with Crippen molar-refractivity contribution in [3.05, 3.63) is 35.4 Å². The predicted molar refractivity (Wildman–Crippen MR) is 83.2 cm³/mol. The van der Waals surface area contributed by atoms with E-state index in [1.165, 1.54) is 6.08 Å². The van der Waals surface area contributed by atoms with Gasteiger partial charge in [0.25, 0.3) is 0 Å². The summed E-state index contributed by atoms with van der Waals surface area (Å²) in [5.74, 6) is 0.540. The zero-order chi connectivity index (χ0) is 15.3. The Morgan fingerprint density at radius 1 is 1.43 bits per heavy atom. The van der Waals surface area contributed by atoms with Gasteiger partial charge in [0.05, 0.1) is 12.7 Å². The van der Waals surface area contributed by atoms with Gasteiger partial charge in [-0.3, -0.25) is 4.79 Å². The Balaban J connectivity index is 1.94. The number of amides is 1. The molecule has 2 rings (SSSR count). The van der Waals surface area contributed by atoms with Crippen LogP contribution in [0.15, 0.2) is 24.3 Å². The third-order valence-electron chi connectivity index (χ3n) is 3.93. The van der Waals surface area contributed by atoms with Crippen molar-refractivity contribution in [3.8, 4) is 5.75 Å². The first kappa shape index (κ1) is 15.6. The minimum Gasteiger partial charge on any atom is -0.496 e. The van der Waals surface area contributed by atoms with Crippen molar-refractivity contribution in [2.75, 3.05) is 13.7 Å². The van der Waals surface area contributed by atoms with Crippen LogP contribution < -0.4 is 10.1 Å². The lowest BCUT2D eigenvalue weighted by molar-refractivity contribution is -0.117. The molecule has 1 saturated carbocycles. The number of hydrogen-bond donors (Lipinski definition) is 2. The van der Waals surface area contributed by atoms with Crippen LogP contribution in [0.5, 0.6) is 5.75 Å². The molecule has 0 aliphatic heterocycles. The lowest BCUT2D eigenvalue weighted by atomic mass is 10.0. The molecule has 0 heterocycles. The second-order valence-corrected chi connectivity index (χ2v) is 5.73. The van der Waals surface area contributed by atoms with E-state index in [9.17, 15) is 9.90 Å². The molecule has 0 spiro atoms. The van der Waals surface area contributed by atoms with Crippen molar-refractivity contribution in [1.29, 1.82) is 0 Å². The highest BCUT2D eigenvalue weighted by Gasteiger charge is 2.30. The van der Waals surface area contributed by atoms with Gasteiger partial charge in [-0.15, -0.1) is 0 Å². The molecular weight excluding hydrogens is 266 g/mol. The molecule has 1 aliphatic carbocycles. The summed E-state index contributed by atoms with van der Waals surface area (Å²) in [7, 11) is 1.61. The number of hydrogen-bond acceptors (Lipinski definition) is 3. The average molecular weight is 289 g/mol. The van der Waals surface area contributed by atoms with Crippen molar-refractivity contribution in [2.24, 2.45) is 0 Å². The molecule has 4 heteroatoms. The topological polar surface area (TPSA) is 58.6 Å². The maximum absolute atomic E-state index is 11.9. The Labute approximate surface area is 125 Å². The summed E-state index contributed by atoms with van der Waals surface area (Å²) in [4.78, 5) is 11.9. The third-order valence-corrected chi connectivity index (χ3v) is 3.93. The SMILES string of the molecule is COc1ccc(C)cc1/C=C/C(=O)NCC1(O)CCCC1. The van der Waals surface area contributed by atoms with Crippen molar-refractivity contribution in [1.82, 2.24) is 5.32 Å². The first-order valence-corrected chi connectivity index (χ1v) is 7.35. The first-order chi connectivity index (χ1) is 10.0. The Hall–Kier alpha value is -1.81. The zero-order valence-electron chi connectivity index (χ0n) is 12.7. The van der Waals surface area contributed by atoms with E-state index in [2.05, 4.69) is 5.32 Å². The monoisotopic (exact) mass is 289 g/mol. The lowest BCUT2D eigenvalue weighted by Crippen LogP contribution is -2.40. The normalized spacial score (nSPS) is 17.1. The number of rotatable bonds is 5. The van der Waals surface area contributed by atoms with Crippen molar-refractivity contribution < 1.29 is 14.6 Å². The summed E-state index contributed by atoms with van der Waals surface area (Å²) in [5.41, 5.74) is 1.26. The Kier molecular flexibility index (Phi) is 5.02. The van der Waals surface area contributed by atoms with Gasteiger partial charge >= 0.3 is 0 Å². The van der Waals surface area contributed by atoms with E-state index in [1.54, 1.807) is 13.2 Å². The number of benzene rings is 1. The minimum atomic E-state index is -0.718. The number of methoxy groups -OCH3 is 1. The molecule has 1 fully saturated rings. The molecule has 1 aliphatic rings.